The van der Waals surface area contributed by atoms with Gasteiger partial charge in [0.25, 0.3) is 0 Å². The SMILES string of the molecule is COCCN=C(N)NCCc1ccc(-c2ccccc2)cc1. The van der Waals surface area contributed by atoms with E-state index in [1.165, 1.54) is 16.7 Å². The lowest BCUT2D eigenvalue weighted by atomic mass is 10.0. The topological polar surface area (TPSA) is 59.6 Å². The molecule has 2 rings (SSSR count). The molecule has 4 heteroatoms. The minimum absolute atomic E-state index is 0.470. The Labute approximate surface area is 132 Å². The summed E-state index contributed by atoms with van der Waals surface area (Å²) in [5, 5.41) is 3.11. The van der Waals surface area contributed by atoms with Crippen LogP contribution in [0.25, 0.3) is 11.1 Å². The molecule has 2 aromatic carbocycles. The number of nitrogens with one attached hydrogen (secondary N) is 1. The van der Waals surface area contributed by atoms with Gasteiger partial charge in [-0.1, -0.05) is 54.6 Å². The molecule has 0 aliphatic heterocycles. The van der Waals surface area contributed by atoms with E-state index in [4.69, 9.17) is 10.5 Å². The van der Waals surface area contributed by atoms with Gasteiger partial charge in [-0.15, -0.1) is 0 Å². The molecule has 0 saturated heterocycles. The van der Waals surface area contributed by atoms with Gasteiger partial charge in [0.05, 0.1) is 13.2 Å². The van der Waals surface area contributed by atoms with Gasteiger partial charge in [0.1, 0.15) is 0 Å². The summed E-state index contributed by atoms with van der Waals surface area (Å²) in [6.07, 6.45) is 0.912. The molecule has 116 valence electrons. The molecule has 0 bridgehead atoms. The van der Waals surface area contributed by atoms with Crippen molar-refractivity contribution in [2.24, 2.45) is 10.7 Å². The molecule has 2 aromatic rings. The maximum absolute atomic E-state index is 5.76. The maximum atomic E-state index is 5.76. The number of hydrogen-bond donors (Lipinski definition) is 2. The van der Waals surface area contributed by atoms with Crippen molar-refractivity contribution in [2.75, 3.05) is 26.8 Å². The van der Waals surface area contributed by atoms with E-state index in [0.29, 0.717) is 19.1 Å². The minimum Gasteiger partial charge on any atom is -0.383 e. The van der Waals surface area contributed by atoms with Crippen LogP contribution in [0.5, 0.6) is 0 Å². The van der Waals surface area contributed by atoms with Crippen LogP contribution in [0.2, 0.25) is 0 Å². The summed E-state index contributed by atoms with van der Waals surface area (Å²) >= 11 is 0. The summed E-state index contributed by atoms with van der Waals surface area (Å²) in [5.74, 6) is 0.470. The number of aliphatic imine (C=N–C) groups is 1. The van der Waals surface area contributed by atoms with Crippen LogP contribution in [0.3, 0.4) is 0 Å². The van der Waals surface area contributed by atoms with Crippen LogP contribution in [-0.4, -0.2) is 32.8 Å². The first-order valence-electron chi connectivity index (χ1n) is 7.46. The minimum atomic E-state index is 0.470. The summed E-state index contributed by atoms with van der Waals surface area (Å²) in [6, 6.07) is 19.0. The highest BCUT2D eigenvalue weighted by molar-refractivity contribution is 5.77. The molecule has 3 N–H and O–H groups in total. The Bertz CT molecular complexity index is 579. The van der Waals surface area contributed by atoms with Crippen molar-refractivity contribution < 1.29 is 4.74 Å². The van der Waals surface area contributed by atoms with Crippen LogP contribution >= 0.6 is 0 Å². The molecule has 0 saturated carbocycles. The molecule has 0 radical (unpaired) electrons. The molecule has 0 spiro atoms. The number of benzene rings is 2. The highest BCUT2D eigenvalue weighted by Crippen LogP contribution is 2.19. The van der Waals surface area contributed by atoms with Gasteiger partial charge >= 0.3 is 0 Å². The first-order chi connectivity index (χ1) is 10.8. The number of methoxy groups -OCH3 is 1. The molecule has 0 amide bonds. The molecule has 22 heavy (non-hydrogen) atoms. The third kappa shape index (κ3) is 5.22. The summed E-state index contributed by atoms with van der Waals surface area (Å²) in [4.78, 5) is 4.16. The zero-order valence-electron chi connectivity index (χ0n) is 13.0. The predicted octanol–water partition coefficient (Wildman–Crippen LogP) is 2.45. The van der Waals surface area contributed by atoms with Crippen LogP contribution in [-0.2, 0) is 11.2 Å². The van der Waals surface area contributed by atoms with Crippen molar-refractivity contribution in [2.45, 2.75) is 6.42 Å². The third-order valence-electron chi connectivity index (χ3n) is 3.36. The van der Waals surface area contributed by atoms with Crippen molar-refractivity contribution in [3.63, 3.8) is 0 Å². The number of nitrogens with zero attached hydrogens (tertiary/aromatic N) is 1. The Hall–Kier alpha value is -2.33. The van der Waals surface area contributed by atoms with Crippen molar-refractivity contribution in [3.05, 3.63) is 60.2 Å². The molecule has 4 nitrogen and oxygen atoms in total. The average molecular weight is 297 g/mol. The second-order valence-electron chi connectivity index (χ2n) is 5.00. The largest absolute Gasteiger partial charge is 0.383 e. The van der Waals surface area contributed by atoms with E-state index < -0.39 is 0 Å². The highest BCUT2D eigenvalue weighted by Gasteiger charge is 1.98. The Morgan fingerprint density at radius 2 is 1.73 bits per heavy atom. The molecule has 0 fully saturated rings. The standard InChI is InChI=1S/C18H23N3O/c1-22-14-13-21-18(19)20-12-11-15-7-9-17(10-8-15)16-5-3-2-4-6-16/h2-10H,11-14H2,1H3,(H3,19,20,21). The zero-order valence-corrected chi connectivity index (χ0v) is 13.0. The van der Waals surface area contributed by atoms with Crippen LogP contribution in [0.1, 0.15) is 5.56 Å². The van der Waals surface area contributed by atoms with Gasteiger partial charge in [-0.05, 0) is 23.1 Å². The van der Waals surface area contributed by atoms with Crippen LogP contribution in [0, 0.1) is 0 Å². The fourth-order valence-corrected chi connectivity index (χ4v) is 2.14. The summed E-state index contributed by atoms with van der Waals surface area (Å²) in [6.45, 7) is 1.94. The first-order valence-corrected chi connectivity index (χ1v) is 7.46. The molecule has 0 atom stereocenters. The van der Waals surface area contributed by atoms with E-state index in [2.05, 4.69) is 58.8 Å². The fraction of sp³-hybridized carbons (Fsp3) is 0.278. The molecular formula is C18H23N3O. The Morgan fingerprint density at radius 3 is 2.41 bits per heavy atom. The predicted molar refractivity (Wildman–Crippen MR) is 92.0 cm³/mol. The van der Waals surface area contributed by atoms with Gasteiger partial charge in [-0.2, -0.15) is 0 Å². The van der Waals surface area contributed by atoms with Crippen molar-refractivity contribution >= 4 is 5.96 Å². The Morgan fingerprint density at radius 1 is 1.05 bits per heavy atom. The average Bonchev–Trinajstić information content (AvgIpc) is 2.57. The lowest BCUT2D eigenvalue weighted by molar-refractivity contribution is 0.208. The second-order valence-corrected chi connectivity index (χ2v) is 5.00. The van der Waals surface area contributed by atoms with Gasteiger partial charge in [0.15, 0.2) is 5.96 Å². The van der Waals surface area contributed by atoms with Gasteiger partial charge in [0.2, 0.25) is 0 Å². The molecule has 0 aliphatic carbocycles. The molecule has 0 aromatic heterocycles. The Balaban J connectivity index is 1.81. The van der Waals surface area contributed by atoms with Crippen molar-refractivity contribution in [1.29, 1.82) is 0 Å². The third-order valence-corrected chi connectivity index (χ3v) is 3.36. The van der Waals surface area contributed by atoms with E-state index >= 15 is 0 Å². The first kappa shape index (κ1) is 16.0. The lowest BCUT2D eigenvalue weighted by Gasteiger charge is -2.07. The van der Waals surface area contributed by atoms with Crippen molar-refractivity contribution in [1.82, 2.24) is 5.32 Å². The quantitative estimate of drug-likeness (QED) is 0.469. The van der Waals surface area contributed by atoms with Crippen LogP contribution in [0.4, 0.5) is 0 Å². The zero-order chi connectivity index (χ0) is 15.6. The number of ether oxygens (including phenoxy) is 1. The van der Waals surface area contributed by atoms with E-state index in [0.717, 1.165) is 13.0 Å². The lowest BCUT2D eigenvalue weighted by Crippen LogP contribution is -2.33. The second kappa shape index (κ2) is 8.85. The monoisotopic (exact) mass is 297 g/mol. The summed E-state index contributed by atoms with van der Waals surface area (Å²) in [7, 11) is 1.65. The van der Waals surface area contributed by atoms with Crippen LogP contribution in [0.15, 0.2) is 59.6 Å². The number of rotatable bonds is 7. The summed E-state index contributed by atoms with van der Waals surface area (Å²) in [5.41, 5.74) is 9.51. The summed E-state index contributed by atoms with van der Waals surface area (Å²) < 4.78 is 4.92. The van der Waals surface area contributed by atoms with Crippen molar-refractivity contribution in [3.8, 4) is 11.1 Å². The highest BCUT2D eigenvalue weighted by atomic mass is 16.5. The van der Waals surface area contributed by atoms with E-state index in [9.17, 15) is 0 Å². The van der Waals surface area contributed by atoms with Gasteiger partial charge in [-0.25, -0.2) is 0 Å². The normalized spacial score (nSPS) is 11.4. The number of hydrogen-bond acceptors (Lipinski definition) is 2. The molecular weight excluding hydrogens is 274 g/mol. The van der Waals surface area contributed by atoms with Crippen LogP contribution < -0.4 is 11.1 Å². The molecule has 0 unspecified atom stereocenters. The number of guanidine groups is 1. The smallest absolute Gasteiger partial charge is 0.188 e. The van der Waals surface area contributed by atoms with E-state index in [1.807, 2.05) is 6.07 Å². The van der Waals surface area contributed by atoms with Gasteiger partial charge < -0.3 is 15.8 Å². The van der Waals surface area contributed by atoms with Gasteiger partial charge in [-0.3, -0.25) is 4.99 Å². The molecule has 0 heterocycles. The number of nitrogens with two attached hydrogens (primary N) is 1. The van der Waals surface area contributed by atoms with E-state index in [-0.39, 0.29) is 0 Å². The Kier molecular flexibility index (Phi) is 6.45. The van der Waals surface area contributed by atoms with Gasteiger partial charge in [0, 0.05) is 13.7 Å². The van der Waals surface area contributed by atoms with E-state index in [1.54, 1.807) is 7.11 Å². The molecule has 0 aliphatic rings. The maximum Gasteiger partial charge on any atom is 0.188 e. The fourth-order valence-electron chi connectivity index (χ4n) is 2.14.